The number of nitrogens with one attached hydrogen (secondary N) is 1. The van der Waals surface area contributed by atoms with Crippen LogP contribution in [-0.4, -0.2) is 17.2 Å². The lowest BCUT2D eigenvalue weighted by Gasteiger charge is -2.04. The van der Waals surface area contributed by atoms with Crippen LogP contribution in [-0.2, 0) is 4.79 Å². The lowest BCUT2D eigenvalue weighted by molar-refractivity contribution is -0.119. The summed E-state index contributed by atoms with van der Waals surface area (Å²) in [6.45, 7) is 1.96. The van der Waals surface area contributed by atoms with E-state index >= 15 is 0 Å². The smallest absolute Gasteiger partial charge is 0.221 e. The van der Waals surface area contributed by atoms with Crippen LogP contribution in [0.1, 0.15) is 13.3 Å². The van der Waals surface area contributed by atoms with Crippen LogP contribution in [0.4, 0.5) is 0 Å². The summed E-state index contributed by atoms with van der Waals surface area (Å²) >= 11 is 4.16. The summed E-state index contributed by atoms with van der Waals surface area (Å²) in [6.07, 6.45) is 0.574. The van der Waals surface area contributed by atoms with Gasteiger partial charge in [-0.1, -0.05) is 0 Å². The van der Waals surface area contributed by atoms with Crippen molar-refractivity contribution in [2.45, 2.75) is 24.6 Å². The molecule has 1 N–H and O–H groups in total. The molecule has 46 valence electrons. The molecule has 0 aromatic carbocycles. The van der Waals surface area contributed by atoms with Gasteiger partial charge in [0.1, 0.15) is 0 Å². The molecular weight excluding hydrogens is 122 g/mol. The van der Waals surface area contributed by atoms with E-state index in [1.54, 1.807) is 0 Å². The van der Waals surface area contributed by atoms with Gasteiger partial charge >= 0.3 is 0 Å². The zero-order valence-electron chi connectivity index (χ0n) is 4.72. The minimum Gasteiger partial charge on any atom is -0.352 e. The highest BCUT2D eigenvalue weighted by Gasteiger charge is 2.24. The van der Waals surface area contributed by atoms with Crippen molar-refractivity contribution < 1.29 is 4.79 Å². The van der Waals surface area contributed by atoms with Crippen molar-refractivity contribution in [2.75, 3.05) is 0 Å². The quantitative estimate of drug-likeness (QED) is 0.452. The Labute approximate surface area is 54.1 Å². The number of rotatable bonds is 0. The van der Waals surface area contributed by atoms with Gasteiger partial charge in [-0.05, 0) is 6.92 Å². The molecule has 2 atom stereocenters. The van der Waals surface area contributed by atoms with Crippen LogP contribution in [0.3, 0.4) is 0 Å². The second kappa shape index (κ2) is 1.97. The van der Waals surface area contributed by atoms with Gasteiger partial charge < -0.3 is 5.32 Å². The number of carbonyl (C=O) groups is 1. The van der Waals surface area contributed by atoms with Crippen LogP contribution in [0.2, 0.25) is 0 Å². The summed E-state index contributed by atoms with van der Waals surface area (Å²) in [5, 5.41) is 2.98. The molecule has 1 aliphatic rings. The van der Waals surface area contributed by atoms with Gasteiger partial charge in [-0.2, -0.15) is 12.6 Å². The molecule has 2 nitrogen and oxygen atoms in total. The average molecular weight is 131 g/mol. The van der Waals surface area contributed by atoms with E-state index in [0.717, 1.165) is 0 Å². The molecule has 0 aromatic heterocycles. The van der Waals surface area contributed by atoms with Crippen LogP contribution < -0.4 is 5.32 Å². The largest absolute Gasteiger partial charge is 0.352 e. The standard InChI is InChI=1S/C5H9NOS/c1-3-4(8)2-5(7)6-3/h3-4,8H,2H2,1H3,(H,6,7)/t3-,4+/m0/s1. The Balaban J connectivity index is 2.51. The first-order valence-corrected chi connectivity index (χ1v) is 3.19. The van der Waals surface area contributed by atoms with Crippen LogP contribution in [0.15, 0.2) is 0 Å². The van der Waals surface area contributed by atoms with Crippen LogP contribution in [0, 0.1) is 0 Å². The molecule has 0 aromatic rings. The number of carbonyl (C=O) groups excluding carboxylic acids is 1. The van der Waals surface area contributed by atoms with Gasteiger partial charge in [0.25, 0.3) is 0 Å². The molecule has 8 heavy (non-hydrogen) atoms. The van der Waals surface area contributed by atoms with Crippen molar-refractivity contribution in [3.8, 4) is 0 Å². The van der Waals surface area contributed by atoms with Gasteiger partial charge in [-0.15, -0.1) is 0 Å². The van der Waals surface area contributed by atoms with Crippen molar-refractivity contribution in [3.05, 3.63) is 0 Å². The topological polar surface area (TPSA) is 29.1 Å². The normalized spacial score (nSPS) is 37.5. The third kappa shape index (κ3) is 0.968. The van der Waals surface area contributed by atoms with E-state index in [1.807, 2.05) is 6.92 Å². The van der Waals surface area contributed by atoms with Gasteiger partial charge in [0, 0.05) is 17.7 Å². The zero-order chi connectivity index (χ0) is 6.15. The lowest BCUT2D eigenvalue weighted by Crippen LogP contribution is -2.25. The summed E-state index contributed by atoms with van der Waals surface area (Å²) in [4.78, 5) is 10.5. The Kier molecular flexibility index (Phi) is 1.47. The maximum atomic E-state index is 10.5. The van der Waals surface area contributed by atoms with Crippen molar-refractivity contribution in [2.24, 2.45) is 0 Å². The summed E-state index contributed by atoms with van der Waals surface area (Å²) in [5.74, 6) is 0.123. The van der Waals surface area contributed by atoms with Crippen LogP contribution >= 0.6 is 12.6 Å². The molecule has 0 spiro atoms. The van der Waals surface area contributed by atoms with Gasteiger partial charge in [-0.25, -0.2) is 0 Å². The summed E-state index contributed by atoms with van der Waals surface area (Å²) in [5.41, 5.74) is 0. The molecule has 1 amide bonds. The fraction of sp³-hybridized carbons (Fsp3) is 0.800. The van der Waals surface area contributed by atoms with Crippen LogP contribution in [0.25, 0.3) is 0 Å². The average Bonchev–Trinajstić information content (AvgIpc) is 1.85. The van der Waals surface area contributed by atoms with Crippen molar-refractivity contribution in [1.29, 1.82) is 0 Å². The second-order valence-corrected chi connectivity index (χ2v) is 2.79. The fourth-order valence-electron chi connectivity index (χ4n) is 0.776. The number of amides is 1. The van der Waals surface area contributed by atoms with Crippen LogP contribution in [0.5, 0.6) is 0 Å². The first kappa shape index (κ1) is 5.95. The van der Waals surface area contributed by atoms with Crippen molar-refractivity contribution in [1.82, 2.24) is 5.32 Å². The molecular formula is C5H9NOS. The monoisotopic (exact) mass is 131 g/mol. The van der Waals surface area contributed by atoms with Gasteiger partial charge in [0.05, 0.1) is 0 Å². The maximum absolute atomic E-state index is 10.5. The molecule has 0 saturated carbocycles. The van der Waals surface area contributed by atoms with Gasteiger partial charge in [-0.3, -0.25) is 4.79 Å². The first-order chi connectivity index (χ1) is 3.70. The molecule has 0 aliphatic carbocycles. The molecule has 0 bridgehead atoms. The SMILES string of the molecule is C[C@@H]1NC(=O)C[C@H]1S. The lowest BCUT2D eigenvalue weighted by atomic mass is 10.2. The van der Waals surface area contributed by atoms with E-state index in [0.29, 0.717) is 6.42 Å². The summed E-state index contributed by atoms with van der Waals surface area (Å²) in [7, 11) is 0. The fourth-order valence-corrected chi connectivity index (χ4v) is 1.02. The highest BCUT2D eigenvalue weighted by Crippen LogP contribution is 2.12. The molecule has 1 rings (SSSR count). The number of hydrogen-bond donors (Lipinski definition) is 2. The Morgan fingerprint density at radius 3 is 2.62 bits per heavy atom. The van der Waals surface area contributed by atoms with E-state index in [-0.39, 0.29) is 17.2 Å². The minimum atomic E-state index is 0.123. The molecule has 3 heteroatoms. The third-order valence-electron chi connectivity index (χ3n) is 1.36. The second-order valence-electron chi connectivity index (χ2n) is 2.13. The molecule has 1 aliphatic heterocycles. The van der Waals surface area contributed by atoms with Gasteiger partial charge in [0.15, 0.2) is 0 Å². The summed E-state index contributed by atoms with van der Waals surface area (Å²) in [6, 6.07) is 0.255. The summed E-state index contributed by atoms with van der Waals surface area (Å²) < 4.78 is 0. The Hall–Kier alpha value is -0.180. The predicted molar refractivity (Wildman–Crippen MR) is 35.0 cm³/mol. The van der Waals surface area contributed by atoms with Crippen molar-refractivity contribution >= 4 is 18.5 Å². The van der Waals surface area contributed by atoms with E-state index < -0.39 is 0 Å². The van der Waals surface area contributed by atoms with Gasteiger partial charge in [0.2, 0.25) is 5.91 Å². The number of hydrogen-bond acceptors (Lipinski definition) is 2. The van der Waals surface area contributed by atoms with E-state index in [1.165, 1.54) is 0 Å². The van der Waals surface area contributed by atoms with E-state index in [9.17, 15) is 4.79 Å². The highest BCUT2D eigenvalue weighted by molar-refractivity contribution is 7.81. The predicted octanol–water partition coefficient (Wildman–Crippen LogP) is 0.193. The molecule has 1 saturated heterocycles. The molecule has 1 heterocycles. The first-order valence-electron chi connectivity index (χ1n) is 2.67. The Morgan fingerprint density at radius 1 is 1.88 bits per heavy atom. The van der Waals surface area contributed by atoms with E-state index in [4.69, 9.17) is 0 Å². The number of thiol groups is 1. The maximum Gasteiger partial charge on any atom is 0.221 e. The molecule has 0 unspecified atom stereocenters. The minimum absolute atomic E-state index is 0.123. The van der Waals surface area contributed by atoms with E-state index in [2.05, 4.69) is 17.9 Å². The molecule has 0 radical (unpaired) electrons. The third-order valence-corrected chi connectivity index (χ3v) is 1.99. The van der Waals surface area contributed by atoms with Crippen molar-refractivity contribution in [3.63, 3.8) is 0 Å². The zero-order valence-corrected chi connectivity index (χ0v) is 5.61. The Morgan fingerprint density at radius 2 is 2.50 bits per heavy atom. The Bertz CT molecular complexity index is 103. The highest BCUT2D eigenvalue weighted by atomic mass is 32.1. The molecule has 1 fully saturated rings.